The van der Waals surface area contributed by atoms with Crippen molar-refractivity contribution < 1.29 is 24.0 Å². The van der Waals surface area contributed by atoms with E-state index in [2.05, 4.69) is 11.4 Å². The molecule has 1 aliphatic heterocycles. The van der Waals surface area contributed by atoms with Crippen molar-refractivity contribution in [3.8, 4) is 5.75 Å². The highest BCUT2D eigenvalue weighted by Crippen LogP contribution is 2.27. The van der Waals surface area contributed by atoms with Crippen LogP contribution in [0.15, 0.2) is 72.3 Å². The molecule has 4 rings (SSSR count). The monoisotopic (exact) mass is 471 g/mol. The number of anilines is 1. The van der Waals surface area contributed by atoms with Crippen LogP contribution in [-0.4, -0.2) is 22.8 Å². The molecule has 1 aliphatic rings. The van der Waals surface area contributed by atoms with Gasteiger partial charge in [-0.25, -0.2) is 9.69 Å². The number of imide groups is 2. The van der Waals surface area contributed by atoms with Crippen molar-refractivity contribution in [3.05, 3.63) is 105 Å². The molecule has 1 N–H and O–H groups in total. The molecule has 0 aliphatic carbocycles. The Morgan fingerprint density at radius 2 is 1.63 bits per heavy atom. The van der Waals surface area contributed by atoms with Gasteiger partial charge in [0.1, 0.15) is 17.9 Å². The minimum absolute atomic E-state index is 0.0934. The Hall–Kier alpha value is -4.79. The Kier molecular flexibility index (Phi) is 6.41. The number of urea groups is 1. The molecular weight excluding hydrogens is 450 g/mol. The van der Waals surface area contributed by atoms with Crippen LogP contribution in [-0.2, 0) is 16.2 Å². The second-order valence-electron chi connectivity index (χ2n) is 8.05. The van der Waals surface area contributed by atoms with E-state index in [9.17, 15) is 24.5 Å². The number of amides is 4. The Morgan fingerprint density at radius 3 is 2.29 bits per heavy atom. The van der Waals surface area contributed by atoms with Gasteiger partial charge in [0.25, 0.3) is 17.5 Å². The summed E-state index contributed by atoms with van der Waals surface area (Å²) in [4.78, 5) is 49.1. The highest BCUT2D eigenvalue weighted by atomic mass is 16.6. The largest absolute Gasteiger partial charge is 0.488 e. The number of nitrogens with zero attached hydrogens (tertiary/aromatic N) is 2. The van der Waals surface area contributed by atoms with Gasteiger partial charge in [-0.15, -0.1) is 0 Å². The Morgan fingerprint density at radius 1 is 0.971 bits per heavy atom. The third kappa shape index (κ3) is 5.09. The quantitative estimate of drug-likeness (QED) is 0.245. The number of para-hydroxylation sites is 1. The zero-order valence-corrected chi connectivity index (χ0v) is 19.0. The molecule has 0 aromatic heterocycles. The number of carbonyl (C=O) groups excluding carboxylic acids is 3. The van der Waals surface area contributed by atoms with Gasteiger partial charge in [-0.3, -0.25) is 25.0 Å². The number of non-ortho nitro benzene ring substituents is 1. The van der Waals surface area contributed by atoms with E-state index in [-0.39, 0.29) is 23.6 Å². The molecular formula is C26H21N3O6. The second-order valence-corrected chi connectivity index (χ2v) is 8.05. The number of nitro benzene ring substituents is 1. The SMILES string of the molecule is Cc1cc(C)cc(COc2ccccc2/C=C2\C(=O)NC(=O)N(c3ccc([N+](=O)[O-])cc3)C2=O)c1. The number of hydrogen-bond donors (Lipinski definition) is 1. The number of nitro groups is 1. The van der Waals surface area contributed by atoms with Crippen molar-refractivity contribution >= 4 is 35.3 Å². The van der Waals surface area contributed by atoms with Gasteiger partial charge in [-0.05, 0) is 43.7 Å². The maximum Gasteiger partial charge on any atom is 0.335 e. The normalized spacial score (nSPS) is 14.7. The summed E-state index contributed by atoms with van der Waals surface area (Å²) in [6, 6.07) is 17.0. The van der Waals surface area contributed by atoms with Gasteiger partial charge in [0.15, 0.2) is 0 Å². The van der Waals surface area contributed by atoms with E-state index < -0.39 is 22.8 Å². The van der Waals surface area contributed by atoms with Gasteiger partial charge in [-0.1, -0.05) is 47.5 Å². The predicted molar refractivity (Wildman–Crippen MR) is 129 cm³/mol. The molecule has 1 saturated heterocycles. The molecule has 9 heteroatoms. The van der Waals surface area contributed by atoms with E-state index in [0.29, 0.717) is 11.3 Å². The zero-order valence-electron chi connectivity index (χ0n) is 19.0. The summed E-state index contributed by atoms with van der Waals surface area (Å²) in [5, 5.41) is 13.0. The summed E-state index contributed by atoms with van der Waals surface area (Å²) in [6.45, 7) is 4.29. The molecule has 9 nitrogen and oxygen atoms in total. The molecule has 3 aromatic carbocycles. The van der Waals surface area contributed by atoms with E-state index >= 15 is 0 Å². The maximum atomic E-state index is 13.1. The standard InChI is InChI=1S/C26H21N3O6/c1-16-11-17(2)13-18(12-16)15-35-23-6-4-3-5-19(23)14-22-24(30)27-26(32)28(25(22)31)20-7-9-21(10-8-20)29(33)34/h3-14H,15H2,1-2H3,(H,27,30,32)/b22-14+. The highest BCUT2D eigenvalue weighted by Gasteiger charge is 2.37. The predicted octanol–water partition coefficient (Wildman–Crippen LogP) is 4.46. The van der Waals surface area contributed by atoms with Crippen molar-refractivity contribution in [1.29, 1.82) is 0 Å². The van der Waals surface area contributed by atoms with Gasteiger partial charge in [-0.2, -0.15) is 0 Å². The fourth-order valence-electron chi connectivity index (χ4n) is 3.82. The van der Waals surface area contributed by atoms with Crippen molar-refractivity contribution in [2.45, 2.75) is 20.5 Å². The van der Waals surface area contributed by atoms with E-state index in [1.807, 2.05) is 26.0 Å². The maximum absolute atomic E-state index is 13.1. The highest BCUT2D eigenvalue weighted by molar-refractivity contribution is 6.39. The van der Waals surface area contributed by atoms with Crippen molar-refractivity contribution in [2.24, 2.45) is 0 Å². The lowest BCUT2D eigenvalue weighted by Gasteiger charge is -2.26. The van der Waals surface area contributed by atoms with Crippen LogP contribution in [0.1, 0.15) is 22.3 Å². The van der Waals surface area contributed by atoms with E-state index in [1.165, 1.54) is 30.3 Å². The lowest BCUT2D eigenvalue weighted by atomic mass is 10.1. The second kappa shape index (κ2) is 9.60. The fraction of sp³-hybridized carbons (Fsp3) is 0.115. The van der Waals surface area contributed by atoms with E-state index in [0.717, 1.165) is 21.6 Å². The minimum atomic E-state index is -0.939. The molecule has 1 fully saturated rings. The molecule has 0 atom stereocenters. The molecule has 0 unspecified atom stereocenters. The lowest BCUT2D eigenvalue weighted by molar-refractivity contribution is -0.384. The first kappa shape index (κ1) is 23.4. The number of hydrogen-bond acceptors (Lipinski definition) is 6. The van der Waals surface area contributed by atoms with Gasteiger partial charge in [0.05, 0.1) is 10.6 Å². The topological polar surface area (TPSA) is 119 Å². The number of nitrogens with one attached hydrogen (secondary N) is 1. The first-order valence-electron chi connectivity index (χ1n) is 10.7. The fourth-order valence-corrected chi connectivity index (χ4v) is 3.82. The first-order chi connectivity index (χ1) is 16.7. The smallest absolute Gasteiger partial charge is 0.335 e. The molecule has 0 saturated carbocycles. The van der Waals surface area contributed by atoms with Crippen molar-refractivity contribution in [3.63, 3.8) is 0 Å². The van der Waals surface area contributed by atoms with E-state index in [4.69, 9.17) is 4.74 Å². The Bertz CT molecular complexity index is 1360. The summed E-state index contributed by atoms with van der Waals surface area (Å²) >= 11 is 0. The molecule has 4 amide bonds. The average molecular weight is 471 g/mol. The summed E-state index contributed by atoms with van der Waals surface area (Å²) in [5.74, 6) is -1.24. The van der Waals surface area contributed by atoms with Crippen molar-refractivity contribution in [1.82, 2.24) is 5.32 Å². The molecule has 35 heavy (non-hydrogen) atoms. The number of aryl methyl sites for hydroxylation is 2. The van der Waals surface area contributed by atoms with Crippen LogP contribution in [0.3, 0.4) is 0 Å². The Balaban J connectivity index is 1.63. The van der Waals surface area contributed by atoms with Crippen LogP contribution in [0.4, 0.5) is 16.2 Å². The summed E-state index contributed by atoms with van der Waals surface area (Å²) < 4.78 is 5.98. The zero-order chi connectivity index (χ0) is 25.1. The Labute approximate surface area is 200 Å². The number of barbiturate groups is 1. The van der Waals surface area contributed by atoms with Crippen LogP contribution in [0, 0.1) is 24.0 Å². The third-order valence-electron chi connectivity index (χ3n) is 5.32. The molecule has 1 heterocycles. The molecule has 0 spiro atoms. The van der Waals surface area contributed by atoms with Crippen LogP contribution in [0.5, 0.6) is 5.75 Å². The third-order valence-corrected chi connectivity index (χ3v) is 5.32. The van der Waals surface area contributed by atoms with Gasteiger partial charge < -0.3 is 4.74 Å². The minimum Gasteiger partial charge on any atom is -0.488 e. The van der Waals surface area contributed by atoms with E-state index in [1.54, 1.807) is 24.3 Å². The summed E-state index contributed by atoms with van der Waals surface area (Å²) in [6.07, 6.45) is 1.36. The van der Waals surface area contributed by atoms with Crippen LogP contribution >= 0.6 is 0 Å². The van der Waals surface area contributed by atoms with Crippen LogP contribution in [0.2, 0.25) is 0 Å². The summed E-state index contributed by atoms with van der Waals surface area (Å²) in [5.41, 5.74) is 3.31. The molecule has 0 radical (unpaired) electrons. The molecule has 0 bridgehead atoms. The lowest BCUT2D eigenvalue weighted by Crippen LogP contribution is -2.54. The van der Waals surface area contributed by atoms with Gasteiger partial charge in [0.2, 0.25) is 0 Å². The number of benzene rings is 3. The van der Waals surface area contributed by atoms with Crippen LogP contribution in [0.25, 0.3) is 6.08 Å². The number of rotatable bonds is 6. The summed E-state index contributed by atoms with van der Waals surface area (Å²) in [7, 11) is 0. The average Bonchev–Trinajstić information content (AvgIpc) is 2.80. The van der Waals surface area contributed by atoms with Gasteiger partial charge >= 0.3 is 6.03 Å². The number of ether oxygens (including phenoxy) is 1. The first-order valence-corrected chi connectivity index (χ1v) is 10.7. The molecule has 3 aromatic rings. The van der Waals surface area contributed by atoms with Crippen molar-refractivity contribution in [2.75, 3.05) is 4.90 Å². The molecule has 176 valence electrons. The van der Waals surface area contributed by atoms with Crippen LogP contribution < -0.4 is 15.0 Å². The number of carbonyl (C=O) groups is 3. The van der Waals surface area contributed by atoms with Gasteiger partial charge in [0, 0.05) is 17.7 Å².